The molecule has 1 amide bonds. The second-order valence-corrected chi connectivity index (χ2v) is 5.84. The van der Waals surface area contributed by atoms with Gasteiger partial charge in [0.05, 0.1) is 15.5 Å². The summed E-state index contributed by atoms with van der Waals surface area (Å²) in [5, 5.41) is 16.9. The molecule has 10 heteroatoms. The molecule has 0 atom stereocenters. The van der Waals surface area contributed by atoms with E-state index in [4.69, 9.17) is 16.1 Å². The van der Waals surface area contributed by atoms with Crippen molar-refractivity contribution in [3.05, 3.63) is 74.5 Å². The van der Waals surface area contributed by atoms with Gasteiger partial charge < -0.3 is 9.84 Å². The van der Waals surface area contributed by atoms with Crippen LogP contribution in [0.3, 0.4) is 0 Å². The summed E-state index contributed by atoms with van der Waals surface area (Å²) in [6, 6.07) is 6.84. The molecule has 0 spiro atoms. The van der Waals surface area contributed by atoms with Crippen molar-refractivity contribution in [3.8, 4) is 11.3 Å². The van der Waals surface area contributed by atoms with Crippen LogP contribution in [0.4, 0.5) is 20.2 Å². The predicted octanol–water partition coefficient (Wildman–Crippen LogP) is 4.74. The number of amides is 1. The van der Waals surface area contributed by atoms with Gasteiger partial charge in [-0.25, -0.2) is 4.39 Å². The summed E-state index contributed by atoms with van der Waals surface area (Å²) in [4.78, 5) is 22.6. The number of aryl methyl sites for hydroxylation is 1. The zero-order chi connectivity index (χ0) is 19.7. The summed E-state index contributed by atoms with van der Waals surface area (Å²) in [7, 11) is 0. The van der Waals surface area contributed by atoms with E-state index in [1.807, 2.05) is 0 Å². The minimum Gasteiger partial charge on any atom is -0.360 e. The van der Waals surface area contributed by atoms with Crippen LogP contribution in [0.25, 0.3) is 11.3 Å². The second kappa shape index (κ2) is 7.12. The summed E-state index contributed by atoms with van der Waals surface area (Å²) in [5.41, 5.74) is -1.17. The zero-order valence-electron chi connectivity index (χ0n) is 13.6. The van der Waals surface area contributed by atoms with E-state index < -0.39 is 28.2 Å². The van der Waals surface area contributed by atoms with Crippen LogP contribution in [-0.4, -0.2) is 16.0 Å². The highest BCUT2D eigenvalue weighted by Gasteiger charge is 2.26. The van der Waals surface area contributed by atoms with Gasteiger partial charge in [-0.1, -0.05) is 22.8 Å². The Kier molecular flexibility index (Phi) is 4.87. The molecule has 0 saturated carbocycles. The van der Waals surface area contributed by atoms with Gasteiger partial charge in [-0.3, -0.25) is 14.9 Å². The van der Waals surface area contributed by atoms with E-state index in [9.17, 15) is 23.7 Å². The monoisotopic (exact) mass is 393 g/mol. The van der Waals surface area contributed by atoms with Gasteiger partial charge in [0.2, 0.25) is 5.82 Å². The lowest BCUT2D eigenvalue weighted by atomic mass is 10.0. The number of hydrogen-bond acceptors (Lipinski definition) is 5. The first kappa shape index (κ1) is 18.5. The Balaban J connectivity index is 2.01. The van der Waals surface area contributed by atoms with Crippen LogP contribution in [0.5, 0.6) is 0 Å². The van der Waals surface area contributed by atoms with Gasteiger partial charge in [0.25, 0.3) is 5.91 Å². The van der Waals surface area contributed by atoms with E-state index in [0.29, 0.717) is 0 Å². The Morgan fingerprint density at radius 3 is 2.67 bits per heavy atom. The topological polar surface area (TPSA) is 98.3 Å². The Morgan fingerprint density at radius 1 is 1.26 bits per heavy atom. The van der Waals surface area contributed by atoms with Crippen molar-refractivity contribution in [2.45, 2.75) is 6.92 Å². The number of rotatable bonds is 4. The van der Waals surface area contributed by atoms with Gasteiger partial charge in [0.15, 0.2) is 0 Å². The number of nitrogens with one attached hydrogen (secondary N) is 1. The van der Waals surface area contributed by atoms with E-state index in [0.717, 1.165) is 24.3 Å². The fourth-order valence-electron chi connectivity index (χ4n) is 2.46. The summed E-state index contributed by atoms with van der Waals surface area (Å²) in [6.07, 6.45) is 0. The number of benzene rings is 2. The van der Waals surface area contributed by atoms with Gasteiger partial charge >= 0.3 is 5.69 Å². The quantitative estimate of drug-likeness (QED) is 0.509. The Bertz CT molecular complexity index is 1050. The van der Waals surface area contributed by atoms with E-state index in [2.05, 4.69) is 10.5 Å². The first-order valence-corrected chi connectivity index (χ1v) is 7.83. The maximum absolute atomic E-state index is 14.2. The maximum Gasteiger partial charge on any atom is 0.306 e. The van der Waals surface area contributed by atoms with E-state index in [-0.39, 0.29) is 33.3 Å². The fourth-order valence-corrected chi connectivity index (χ4v) is 2.71. The number of nitro benzene ring substituents is 1. The Morgan fingerprint density at radius 2 is 2.00 bits per heavy atom. The molecule has 138 valence electrons. The standard InChI is InChI=1S/C17H10ClF2N3O4/c1-8-14(16(22-27-8)15-10(18)3-2-4-12(15)20)17(24)21-9-5-6-11(19)13(7-9)23(25)26/h2-7H,1H3,(H,21,24). The van der Waals surface area contributed by atoms with Crippen molar-refractivity contribution in [1.82, 2.24) is 5.16 Å². The summed E-state index contributed by atoms with van der Waals surface area (Å²) in [5.74, 6) is -2.44. The van der Waals surface area contributed by atoms with Crippen molar-refractivity contribution >= 4 is 28.9 Å². The molecule has 7 nitrogen and oxygen atoms in total. The molecule has 1 heterocycles. The molecule has 0 saturated heterocycles. The van der Waals surface area contributed by atoms with E-state index in [1.165, 1.54) is 19.1 Å². The van der Waals surface area contributed by atoms with Gasteiger partial charge in [-0.15, -0.1) is 0 Å². The third-order valence-electron chi connectivity index (χ3n) is 3.69. The molecule has 0 aliphatic heterocycles. The minimum atomic E-state index is -1.04. The SMILES string of the molecule is Cc1onc(-c2c(F)cccc2Cl)c1C(=O)Nc1ccc(F)c([N+](=O)[O-])c1. The average molecular weight is 394 g/mol. The normalized spacial score (nSPS) is 10.7. The molecule has 3 aromatic rings. The average Bonchev–Trinajstić information content (AvgIpc) is 2.97. The lowest BCUT2D eigenvalue weighted by Gasteiger charge is -2.07. The van der Waals surface area contributed by atoms with E-state index in [1.54, 1.807) is 0 Å². The summed E-state index contributed by atoms with van der Waals surface area (Å²) < 4.78 is 32.6. The van der Waals surface area contributed by atoms with Gasteiger partial charge in [-0.2, -0.15) is 4.39 Å². The number of hydrogen-bond donors (Lipinski definition) is 1. The molecule has 0 fully saturated rings. The molecule has 0 unspecified atom stereocenters. The molecule has 1 N–H and O–H groups in total. The third-order valence-corrected chi connectivity index (χ3v) is 4.01. The van der Waals surface area contributed by atoms with Gasteiger partial charge in [-0.05, 0) is 31.2 Å². The van der Waals surface area contributed by atoms with Crippen molar-refractivity contribution in [2.24, 2.45) is 0 Å². The molecular formula is C17H10ClF2N3O4. The zero-order valence-corrected chi connectivity index (χ0v) is 14.4. The number of carbonyl (C=O) groups is 1. The van der Waals surface area contributed by atoms with Crippen molar-refractivity contribution in [2.75, 3.05) is 5.32 Å². The van der Waals surface area contributed by atoms with Gasteiger partial charge in [0, 0.05) is 11.8 Å². The Labute approximate surface area is 155 Å². The highest BCUT2D eigenvalue weighted by atomic mass is 35.5. The fraction of sp³-hybridized carbons (Fsp3) is 0.0588. The van der Waals surface area contributed by atoms with Crippen molar-refractivity contribution in [1.29, 1.82) is 0 Å². The molecular weight excluding hydrogens is 384 g/mol. The van der Waals surface area contributed by atoms with Crippen LogP contribution < -0.4 is 5.32 Å². The predicted molar refractivity (Wildman–Crippen MR) is 92.7 cm³/mol. The minimum absolute atomic E-state index is 0.0229. The van der Waals surface area contributed by atoms with Crippen LogP contribution in [0.15, 0.2) is 40.9 Å². The number of halogens is 3. The summed E-state index contributed by atoms with van der Waals surface area (Å²) in [6.45, 7) is 1.44. The highest BCUT2D eigenvalue weighted by Crippen LogP contribution is 2.34. The number of nitro groups is 1. The van der Waals surface area contributed by atoms with Crippen molar-refractivity contribution < 1.29 is 23.0 Å². The van der Waals surface area contributed by atoms with E-state index >= 15 is 0 Å². The molecule has 0 aliphatic rings. The lowest BCUT2D eigenvalue weighted by Crippen LogP contribution is -2.14. The molecule has 1 aromatic heterocycles. The number of nitrogens with zero attached hydrogens (tertiary/aromatic N) is 2. The van der Waals surface area contributed by atoms with Crippen LogP contribution >= 0.6 is 11.6 Å². The van der Waals surface area contributed by atoms with Crippen molar-refractivity contribution in [3.63, 3.8) is 0 Å². The number of aromatic nitrogens is 1. The molecule has 2 aromatic carbocycles. The molecule has 0 bridgehead atoms. The van der Waals surface area contributed by atoms with Crippen LogP contribution in [0, 0.1) is 28.7 Å². The molecule has 3 rings (SSSR count). The first-order chi connectivity index (χ1) is 12.8. The lowest BCUT2D eigenvalue weighted by molar-refractivity contribution is -0.387. The smallest absolute Gasteiger partial charge is 0.306 e. The second-order valence-electron chi connectivity index (χ2n) is 5.44. The first-order valence-electron chi connectivity index (χ1n) is 7.45. The summed E-state index contributed by atoms with van der Waals surface area (Å²) >= 11 is 6.01. The third kappa shape index (κ3) is 3.49. The largest absolute Gasteiger partial charge is 0.360 e. The Hall–Kier alpha value is -3.33. The number of anilines is 1. The molecule has 0 radical (unpaired) electrons. The highest BCUT2D eigenvalue weighted by molar-refractivity contribution is 6.33. The molecule has 27 heavy (non-hydrogen) atoms. The molecule has 0 aliphatic carbocycles. The number of carbonyl (C=O) groups excluding carboxylic acids is 1. The van der Waals surface area contributed by atoms with Gasteiger partial charge in [0.1, 0.15) is 22.8 Å². The maximum atomic E-state index is 14.2. The van der Waals surface area contributed by atoms with Crippen LogP contribution in [-0.2, 0) is 0 Å². The van der Waals surface area contributed by atoms with Crippen LogP contribution in [0.1, 0.15) is 16.1 Å². The van der Waals surface area contributed by atoms with Crippen LogP contribution in [0.2, 0.25) is 5.02 Å².